The summed E-state index contributed by atoms with van der Waals surface area (Å²) in [7, 11) is 0. The molecule has 1 saturated carbocycles. The van der Waals surface area contributed by atoms with Gasteiger partial charge in [-0.3, -0.25) is 0 Å². The maximum absolute atomic E-state index is 10.9. The minimum Gasteiger partial charge on any atom is -0.490 e. The molecule has 116 valence electrons. The number of carboxylic acid groups (broad SMARTS) is 1. The first kappa shape index (κ1) is 15.0. The summed E-state index contributed by atoms with van der Waals surface area (Å²) in [6.45, 7) is 0. The number of rotatable bonds is 5. The molecule has 2 aromatic rings. The molecule has 0 unspecified atom stereocenters. The minimum absolute atomic E-state index is 0.0599. The summed E-state index contributed by atoms with van der Waals surface area (Å²) in [6.07, 6.45) is 5.26. The fourth-order valence-corrected chi connectivity index (χ4v) is 2.96. The van der Waals surface area contributed by atoms with Gasteiger partial charge in [0.25, 0.3) is 0 Å². The molecule has 0 saturated heterocycles. The van der Waals surface area contributed by atoms with Crippen LogP contribution >= 0.6 is 11.6 Å². The molecule has 1 fully saturated rings. The van der Waals surface area contributed by atoms with Crippen LogP contribution in [0.5, 0.6) is 5.75 Å². The van der Waals surface area contributed by atoms with Crippen LogP contribution in [0.4, 0.5) is 0 Å². The highest BCUT2D eigenvalue weighted by molar-refractivity contribution is 6.30. The number of ether oxygens (including phenoxy) is 1. The van der Waals surface area contributed by atoms with Gasteiger partial charge in [-0.25, -0.2) is 4.79 Å². The van der Waals surface area contributed by atoms with Gasteiger partial charge in [0, 0.05) is 17.0 Å². The van der Waals surface area contributed by atoms with Gasteiger partial charge in [0.15, 0.2) is 0 Å². The first-order valence-corrected chi connectivity index (χ1v) is 7.77. The van der Waals surface area contributed by atoms with E-state index in [4.69, 9.17) is 25.9 Å². The predicted octanol–water partition coefficient (Wildman–Crippen LogP) is 4.54. The summed E-state index contributed by atoms with van der Waals surface area (Å²) in [5, 5.41) is 9.54. The van der Waals surface area contributed by atoms with Gasteiger partial charge in [-0.05, 0) is 56.0 Å². The normalized spacial score (nSPS) is 15.1. The Labute approximate surface area is 133 Å². The van der Waals surface area contributed by atoms with Gasteiger partial charge in [-0.2, -0.15) is 0 Å². The van der Waals surface area contributed by atoms with Crippen LogP contribution in [0.25, 0.3) is 0 Å². The highest BCUT2D eigenvalue weighted by atomic mass is 35.5. The molecule has 0 spiro atoms. The number of benzene rings is 1. The van der Waals surface area contributed by atoms with E-state index in [1.165, 1.54) is 18.9 Å². The van der Waals surface area contributed by atoms with Crippen molar-refractivity contribution < 1.29 is 19.1 Å². The van der Waals surface area contributed by atoms with E-state index in [1.807, 2.05) is 12.1 Å². The number of halogens is 1. The van der Waals surface area contributed by atoms with E-state index < -0.39 is 5.97 Å². The van der Waals surface area contributed by atoms with Crippen LogP contribution in [0.2, 0.25) is 5.02 Å². The molecule has 0 atom stereocenters. The molecule has 0 bridgehead atoms. The topological polar surface area (TPSA) is 59.7 Å². The fourth-order valence-electron chi connectivity index (χ4n) is 2.76. The van der Waals surface area contributed by atoms with Crippen molar-refractivity contribution in [3.63, 3.8) is 0 Å². The standard InChI is InChI=1S/C17H17ClO4/c18-12-5-7-15(21-13-3-1-2-4-13)11(9-12)10-14-6-8-16(22-14)17(19)20/h5-9,13H,1-4,10H2,(H,19,20). The first-order valence-electron chi connectivity index (χ1n) is 7.39. The average molecular weight is 321 g/mol. The average Bonchev–Trinajstić information content (AvgIpc) is 3.13. The third kappa shape index (κ3) is 3.45. The Bertz CT molecular complexity index is 671. The van der Waals surface area contributed by atoms with E-state index >= 15 is 0 Å². The highest BCUT2D eigenvalue weighted by Gasteiger charge is 2.19. The number of carbonyl (C=O) groups is 1. The van der Waals surface area contributed by atoms with E-state index in [0.717, 1.165) is 24.2 Å². The molecule has 1 heterocycles. The number of furan rings is 1. The van der Waals surface area contributed by atoms with Crippen molar-refractivity contribution >= 4 is 17.6 Å². The number of aromatic carboxylic acids is 1. The molecule has 0 radical (unpaired) electrons. The van der Waals surface area contributed by atoms with Gasteiger partial charge in [-0.1, -0.05) is 11.6 Å². The maximum Gasteiger partial charge on any atom is 0.371 e. The van der Waals surface area contributed by atoms with E-state index in [1.54, 1.807) is 12.1 Å². The third-order valence-electron chi connectivity index (χ3n) is 3.86. The zero-order valence-electron chi connectivity index (χ0n) is 12.0. The van der Waals surface area contributed by atoms with Crippen LogP contribution in [0.1, 0.15) is 47.6 Å². The Morgan fingerprint density at radius 3 is 2.73 bits per heavy atom. The fraction of sp³-hybridized carbons (Fsp3) is 0.353. The predicted molar refractivity (Wildman–Crippen MR) is 82.8 cm³/mol. The summed E-state index contributed by atoms with van der Waals surface area (Å²) in [6, 6.07) is 8.65. The van der Waals surface area contributed by atoms with Gasteiger partial charge in [0.05, 0.1) is 6.10 Å². The lowest BCUT2D eigenvalue weighted by molar-refractivity contribution is 0.0660. The summed E-state index contributed by atoms with van der Waals surface area (Å²) < 4.78 is 11.4. The lowest BCUT2D eigenvalue weighted by atomic mass is 10.1. The summed E-state index contributed by atoms with van der Waals surface area (Å²) >= 11 is 6.08. The van der Waals surface area contributed by atoms with Gasteiger partial charge in [0.2, 0.25) is 5.76 Å². The van der Waals surface area contributed by atoms with E-state index in [-0.39, 0.29) is 11.9 Å². The second-order valence-corrected chi connectivity index (χ2v) is 5.96. The Morgan fingerprint density at radius 2 is 2.05 bits per heavy atom. The minimum atomic E-state index is -1.07. The molecule has 22 heavy (non-hydrogen) atoms. The van der Waals surface area contributed by atoms with Gasteiger partial charge >= 0.3 is 5.97 Å². The Hall–Kier alpha value is -1.94. The molecule has 0 amide bonds. The van der Waals surface area contributed by atoms with Gasteiger partial charge in [-0.15, -0.1) is 0 Å². The van der Waals surface area contributed by atoms with Crippen LogP contribution in [0.3, 0.4) is 0 Å². The molecule has 0 aliphatic heterocycles. The van der Waals surface area contributed by atoms with Crippen molar-refractivity contribution in [1.82, 2.24) is 0 Å². The van der Waals surface area contributed by atoms with Crippen molar-refractivity contribution in [3.05, 3.63) is 52.4 Å². The van der Waals surface area contributed by atoms with Crippen molar-refractivity contribution in [2.75, 3.05) is 0 Å². The molecule has 3 rings (SSSR count). The van der Waals surface area contributed by atoms with Crippen molar-refractivity contribution in [2.45, 2.75) is 38.2 Å². The van der Waals surface area contributed by atoms with Crippen molar-refractivity contribution in [1.29, 1.82) is 0 Å². The molecule has 1 aliphatic carbocycles. The van der Waals surface area contributed by atoms with E-state index in [9.17, 15) is 4.79 Å². The van der Waals surface area contributed by atoms with Crippen LogP contribution in [0, 0.1) is 0 Å². The second kappa shape index (κ2) is 6.44. The van der Waals surface area contributed by atoms with Gasteiger partial charge in [0.1, 0.15) is 11.5 Å². The molecule has 1 aromatic carbocycles. The number of hydrogen-bond donors (Lipinski definition) is 1. The lowest BCUT2D eigenvalue weighted by Gasteiger charge is -2.16. The van der Waals surface area contributed by atoms with Crippen molar-refractivity contribution in [3.8, 4) is 5.75 Å². The molecule has 1 N–H and O–H groups in total. The molecule has 5 heteroatoms. The van der Waals surface area contributed by atoms with Crippen LogP contribution in [-0.4, -0.2) is 17.2 Å². The Balaban J connectivity index is 1.81. The van der Waals surface area contributed by atoms with Crippen LogP contribution in [-0.2, 0) is 6.42 Å². The van der Waals surface area contributed by atoms with Crippen LogP contribution < -0.4 is 4.74 Å². The maximum atomic E-state index is 10.9. The summed E-state index contributed by atoms with van der Waals surface area (Å²) in [4.78, 5) is 10.9. The molecule has 4 nitrogen and oxygen atoms in total. The van der Waals surface area contributed by atoms with Crippen molar-refractivity contribution in [2.24, 2.45) is 0 Å². The van der Waals surface area contributed by atoms with Gasteiger partial charge < -0.3 is 14.3 Å². The quantitative estimate of drug-likeness (QED) is 0.878. The van der Waals surface area contributed by atoms with Crippen LogP contribution in [0.15, 0.2) is 34.7 Å². The molecule has 1 aliphatic rings. The Morgan fingerprint density at radius 1 is 1.27 bits per heavy atom. The third-order valence-corrected chi connectivity index (χ3v) is 4.09. The molecule has 1 aromatic heterocycles. The molecular formula is C17H17ClO4. The lowest BCUT2D eigenvalue weighted by Crippen LogP contribution is -2.12. The Kier molecular flexibility index (Phi) is 4.39. The number of carboxylic acids is 1. The summed E-state index contributed by atoms with van der Waals surface area (Å²) in [5.41, 5.74) is 0.908. The van der Waals surface area contributed by atoms with E-state index in [0.29, 0.717) is 17.2 Å². The zero-order chi connectivity index (χ0) is 15.5. The smallest absolute Gasteiger partial charge is 0.371 e. The summed E-state index contributed by atoms with van der Waals surface area (Å²) in [5.74, 6) is 0.246. The highest BCUT2D eigenvalue weighted by Crippen LogP contribution is 2.30. The van der Waals surface area contributed by atoms with E-state index in [2.05, 4.69) is 0 Å². The zero-order valence-corrected chi connectivity index (χ0v) is 12.8. The monoisotopic (exact) mass is 320 g/mol. The molecular weight excluding hydrogens is 304 g/mol. The first-order chi connectivity index (χ1) is 10.6. The second-order valence-electron chi connectivity index (χ2n) is 5.52. The number of hydrogen-bond acceptors (Lipinski definition) is 3. The SMILES string of the molecule is O=C(O)c1ccc(Cc2cc(Cl)ccc2OC2CCCC2)o1. The largest absolute Gasteiger partial charge is 0.490 e.